The van der Waals surface area contributed by atoms with Gasteiger partial charge < -0.3 is 10.4 Å². The molecular formula is C9H17NO3S. The molecule has 0 aliphatic heterocycles. The molecule has 0 saturated carbocycles. The number of carbonyl (C=O) groups excluding carboxylic acids is 1. The molecule has 0 radical (unpaired) electrons. The molecule has 0 bridgehead atoms. The molecule has 0 aromatic heterocycles. The Morgan fingerprint density at radius 3 is 2.36 bits per heavy atom. The number of nitrogens with one attached hydrogen (secondary N) is 1. The zero-order valence-corrected chi connectivity index (χ0v) is 9.56. The lowest BCUT2D eigenvalue weighted by atomic mass is 10.1. The van der Waals surface area contributed by atoms with Crippen molar-refractivity contribution in [2.75, 3.05) is 6.26 Å². The molecular weight excluding hydrogens is 202 g/mol. The zero-order chi connectivity index (χ0) is 11.1. The monoisotopic (exact) mass is 219 g/mol. The van der Waals surface area contributed by atoms with Crippen molar-refractivity contribution < 1.29 is 14.7 Å². The molecule has 0 spiro atoms. The second-order valence-corrected chi connectivity index (χ2v) is 4.19. The van der Waals surface area contributed by atoms with Crippen LogP contribution in [0.4, 0.5) is 0 Å². The van der Waals surface area contributed by atoms with Gasteiger partial charge in [-0.2, -0.15) is 0 Å². The predicted octanol–water partition coefficient (Wildman–Crippen LogP) is 1.11. The molecule has 0 heterocycles. The van der Waals surface area contributed by atoms with E-state index in [1.165, 1.54) is 0 Å². The molecule has 4 nitrogen and oxygen atoms in total. The van der Waals surface area contributed by atoms with Crippen molar-refractivity contribution in [3.8, 4) is 0 Å². The summed E-state index contributed by atoms with van der Waals surface area (Å²) < 4.78 is 0. The molecule has 0 rings (SSSR count). The number of carboxylic acid groups (broad SMARTS) is 1. The van der Waals surface area contributed by atoms with E-state index in [1.807, 2.05) is 13.8 Å². The number of thioether (sulfide) groups is 1. The number of aliphatic carboxylic acids is 1. The van der Waals surface area contributed by atoms with Gasteiger partial charge in [-0.15, -0.1) is 0 Å². The summed E-state index contributed by atoms with van der Waals surface area (Å²) in [6, 6.07) is -0.508. The highest BCUT2D eigenvalue weighted by atomic mass is 32.2. The van der Waals surface area contributed by atoms with Crippen molar-refractivity contribution in [3.05, 3.63) is 0 Å². The summed E-state index contributed by atoms with van der Waals surface area (Å²) in [5.74, 6) is -0.896. The van der Waals surface area contributed by atoms with E-state index in [1.54, 1.807) is 6.26 Å². The van der Waals surface area contributed by atoms with Crippen LogP contribution in [-0.4, -0.2) is 34.5 Å². The molecule has 1 unspecified atom stereocenters. The van der Waals surface area contributed by atoms with E-state index in [9.17, 15) is 9.59 Å². The second kappa shape index (κ2) is 6.84. The highest BCUT2D eigenvalue weighted by Gasteiger charge is 2.18. The third kappa shape index (κ3) is 5.99. The third-order valence-corrected chi connectivity index (χ3v) is 2.36. The van der Waals surface area contributed by atoms with Crippen LogP contribution in [0.5, 0.6) is 0 Å². The van der Waals surface area contributed by atoms with Gasteiger partial charge in [0.1, 0.15) is 6.04 Å². The van der Waals surface area contributed by atoms with Crippen LogP contribution in [-0.2, 0) is 9.59 Å². The summed E-state index contributed by atoms with van der Waals surface area (Å²) >= 11 is 1.14. The molecule has 1 atom stereocenters. The van der Waals surface area contributed by atoms with Gasteiger partial charge in [-0.25, -0.2) is 0 Å². The molecule has 2 N–H and O–H groups in total. The second-order valence-electron chi connectivity index (χ2n) is 3.33. The van der Waals surface area contributed by atoms with Crippen LogP contribution in [0.2, 0.25) is 0 Å². The first-order valence-electron chi connectivity index (χ1n) is 4.53. The normalized spacial score (nSPS) is 12.9. The number of hydrogen-bond donors (Lipinski definition) is 2. The summed E-state index contributed by atoms with van der Waals surface area (Å²) in [6.45, 7) is 3.76. The minimum absolute atomic E-state index is 0.0295. The molecule has 5 heteroatoms. The van der Waals surface area contributed by atoms with Crippen molar-refractivity contribution in [2.45, 2.75) is 38.8 Å². The first kappa shape index (κ1) is 13.4. The van der Waals surface area contributed by atoms with Crippen molar-refractivity contribution in [2.24, 2.45) is 0 Å². The summed E-state index contributed by atoms with van der Waals surface area (Å²) in [7, 11) is 0. The minimum Gasteiger partial charge on any atom is -0.480 e. The molecule has 82 valence electrons. The Morgan fingerprint density at radius 1 is 1.43 bits per heavy atom. The molecule has 0 saturated heterocycles. The first-order chi connectivity index (χ1) is 6.47. The van der Waals surface area contributed by atoms with E-state index >= 15 is 0 Å². The van der Waals surface area contributed by atoms with Crippen LogP contribution in [0.25, 0.3) is 0 Å². The van der Waals surface area contributed by atoms with Crippen molar-refractivity contribution >= 4 is 22.8 Å². The van der Waals surface area contributed by atoms with Gasteiger partial charge in [0.2, 0.25) is 0 Å². The predicted molar refractivity (Wildman–Crippen MR) is 57.5 cm³/mol. The Morgan fingerprint density at radius 2 is 2.00 bits per heavy atom. The Bertz CT molecular complexity index is 206. The van der Waals surface area contributed by atoms with Crippen LogP contribution in [0, 0.1) is 0 Å². The zero-order valence-electron chi connectivity index (χ0n) is 8.74. The third-order valence-electron chi connectivity index (χ3n) is 1.70. The number of rotatable bonds is 6. The Kier molecular flexibility index (Phi) is 6.57. The van der Waals surface area contributed by atoms with Gasteiger partial charge in [-0.1, -0.05) is 25.6 Å². The highest BCUT2D eigenvalue weighted by molar-refractivity contribution is 8.13. The lowest BCUT2D eigenvalue weighted by Gasteiger charge is -2.16. The average Bonchev–Trinajstić information content (AvgIpc) is 2.10. The van der Waals surface area contributed by atoms with Crippen LogP contribution >= 0.6 is 11.8 Å². The summed E-state index contributed by atoms with van der Waals surface area (Å²) in [4.78, 5) is 21.7. The van der Waals surface area contributed by atoms with Crippen molar-refractivity contribution in [3.63, 3.8) is 0 Å². The summed E-state index contributed by atoms with van der Waals surface area (Å²) in [5.41, 5.74) is 0. The Labute approximate surface area is 88.4 Å². The minimum atomic E-state index is -0.896. The highest BCUT2D eigenvalue weighted by Crippen LogP contribution is 2.06. The smallest absolute Gasteiger partial charge is 0.320 e. The quantitative estimate of drug-likeness (QED) is 0.700. The number of carboxylic acids is 1. The fourth-order valence-electron chi connectivity index (χ4n) is 1.04. The van der Waals surface area contributed by atoms with Gasteiger partial charge in [0.15, 0.2) is 5.12 Å². The fourth-order valence-corrected chi connectivity index (χ4v) is 1.37. The van der Waals surface area contributed by atoms with E-state index in [-0.39, 0.29) is 11.2 Å². The van der Waals surface area contributed by atoms with Crippen LogP contribution in [0.3, 0.4) is 0 Å². The van der Waals surface area contributed by atoms with Crippen molar-refractivity contribution in [1.29, 1.82) is 0 Å². The maximum atomic E-state index is 11.0. The maximum Gasteiger partial charge on any atom is 0.320 e. The van der Waals surface area contributed by atoms with E-state index in [2.05, 4.69) is 5.32 Å². The molecule has 0 aromatic carbocycles. The summed E-state index contributed by atoms with van der Waals surface area (Å²) in [5, 5.41) is 11.8. The SMILES string of the molecule is CSC(=O)CCC(NC(C)C)C(=O)O. The lowest BCUT2D eigenvalue weighted by Crippen LogP contribution is -2.41. The van der Waals surface area contributed by atoms with E-state index in [0.29, 0.717) is 12.8 Å². The van der Waals surface area contributed by atoms with Gasteiger partial charge in [-0.05, 0) is 12.7 Å². The molecule has 14 heavy (non-hydrogen) atoms. The topological polar surface area (TPSA) is 66.4 Å². The molecule has 0 amide bonds. The molecule has 0 aromatic rings. The Balaban J connectivity index is 3.97. The van der Waals surface area contributed by atoms with E-state index in [4.69, 9.17) is 5.11 Å². The maximum absolute atomic E-state index is 11.0. The fraction of sp³-hybridized carbons (Fsp3) is 0.778. The molecule has 0 aliphatic carbocycles. The average molecular weight is 219 g/mol. The van der Waals surface area contributed by atoms with Gasteiger partial charge in [0, 0.05) is 12.5 Å². The van der Waals surface area contributed by atoms with Crippen molar-refractivity contribution in [1.82, 2.24) is 5.32 Å². The lowest BCUT2D eigenvalue weighted by molar-refractivity contribution is -0.139. The number of hydrogen-bond acceptors (Lipinski definition) is 4. The van der Waals surface area contributed by atoms with Gasteiger partial charge in [0.05, 0.1) is 0 Å². The number of carbonyl (C=O) groups is 2. The molecule has 0 fully saturated rings. The standard InChI is InChI=1S/C9H17NO3S/c1-6(2)10-7(9(12)13)4-5-8(11)14-3/h6-7,10H,4-5H2,1-3H3,(H,12,13). The largest absolute Gasteiger partial charge is 0.480 e. The Hall–Kier alpha value is -0.550. The van der Waals surface area contributed by atoms with Gasteiger partial charge in [0.25, 0.3) is 0 Å². The van der Waals surface area contributed by atoms with Gasteiger partial charge in [-0.3, -0.25) is 9.59 Å². The van der Waals surface area contributed by atoms with Crippen LogP contribution in [0.15, 0.2) is 0 Å². The van der Waals surface area contributed by atoms with Gasteiger partial charge >= 0.3 is 5.97 Å². The van der Waals surface area contributed by atoms with E-state index < -0.39 is 12.0 Å². The molecule has 0 aliphatic rings. The summed E-state index contributed by atoms with van der Waals surface area (Å²) in [6.07, 6.45) is 2.36. The van der Waals surface area contributed by atoms with E-state index in [0.717, 1.165) is 11.8 Å². The van der Waals surface area contributed by atoms with Crippen LogP contribution < -0.4 is 5.32 Å². The first-order valence-corrected chi connectivity index (χ1v) is 5.75. The van der Waals surface area contributed by atoms with Crippen LogP contribution in [0.1, 0.15) is 26.7 Å².